The molecular weight excluding hydrogens is 425 g/mol. The van der Waals surface area contributed by atoms with Crippen molar-refractivity contribution < 1.29 is 27.5 Å². The van der Waals surface area contributed by atoms with Gasteiger partial charge >= 0.3 is 12.1 Å². The lowest BCUT2D eigenvalue weighted by Crippen LogP contribution is -2.51. The average Bonchev–Trinajstić information content (AvgIpc) is 2.81. The number of alkyl halides is 3. The van der Waals surface area contributed by atoms with Crippen molar-refractivity contribution in [3.8, 4) is 6.07 Å². The molecule has 0 aromatic carbocycles. The summed E-state index contributed by atoms with van der Waals surface area (Å²) in [5.74, 6) is -1.96. The summed E-state index contributed by atoms with van der Waals surface area (Å²) >= 11 is 0. The Balaban J connectivity index is 1.60. The van der Waals surface area contributed by atoms with Crippen LogP contribution in [0.15, 0.2) is 18.3 Å². The van der Waals surface area contributed by atoms with E-state index in [0.717, 1.165) is 25.3 Å². The quantitative estimate of drug-likeness (QED) is 0.635. The van der Waals surface area contributed by atoms with Gasteiger partial charge < -0.3 is 14.5 Å². The number of likely N-dealkylation sites (N-methyl/N-ethyl adjacent to an activating group) is 1. The SMILES string of the molecule is CN(C(=O)COC(=O)C1CCCN(c2ncccc2C(F)(F)F)C1)C1(C#N)CCCCC1. The summed E-state index contributed by atoms with van der Waals surface area (Å²) in [6, 6.07) is 4.44. The largest absolute Gasteiger partial charge is 0.455 e. The van der Waals surface area contributed by atoms with Crippen molar-refractivity contribution >= 4 is 17.7 Å². The molecule has 1 aromatic rings. The van der Waals surface area contributed by atoms with Gasteiger partial charge in [-0.3, -0.25) is 9.59 Å². The number of aromatic nitrogens is 1. The number of hydrogen-bond acceptors (Lipinski definition) is 6. The molecule has 0 bridgehead atoms. The minimum atomic E-state index is -4.55. The summed E-state index contributed by atoms with van der Waals surface area (Å²) in [4.78, 5) is 31.9. The molecule has 7 nitrogen and oxygen atoms in total. The highest BCUT2D eigenvalue weighted by molar-refractivity contribution is 5.82. The third-order valence-electron chi connectivity index (χ3n) is 6.39. The lowest BCUT2D eigenvalue weighted by Gasteiger charge is -2.39. The van der Waals surface area contributed by atoms with Crippen molar-refractivity contribution in [1.29, 1.82) is 5.26 Å². The minimum Gasteiger partial charge on any atom is -0.455 e. The van der Waals surface area contributed by atoms with Gasteiger partial charge in [-0.25, -0.2) is 4.98 Å². The number of nitrogens with zero attached hydrogens (tertiary/aromatic N) is 4. The van der Waals surface area contributed by atoms with E-state index < -0.39 is 41.7 Å². The van der Waals surface area contributed by atoms with Gasteiger partial charge in [-0.1, -0.05) is 19.3 Å². The number of hydrogen-bond donors (Lipinski definition) is 0. The van der Waals surface area contributed by atoms with Crippen molar-refractivity contribution in [2.24, 2.45) is 5.92 Å². The summed E-state index contributed by atoms with van der Waals surface area (Å²) in [5, 5.41) is 9.62. The van der Waals surface area contributed by atoms with Gasteiger partial charge in [0, 0.05) is 26.3 Å². The first-order valence-corrected chi connectivity index (χ1v) is 10.8. The Morgan fingerprint density at radius 1 is 1.31 bits per heavy atom. The molecule has 1 aromatic heterocycles. The van der Waals surface area contributed by atoms with Crippen LogP contribution in [0.5, 0.6) is 0 Å². The second-order valence-electron chi connectivity index (χ2n) is 8.42. The van der Waals surface area contributed by atoms with Gasteiger partial charge in [0.2, 0.25) is 0 Å². The molecule has 1 aliphatic carbocycles. The Labute approximate surface area is 185 Å². The highest BCUT2D eigenvalue weighted by Crippen LogP contribution is 2.36. The van der Waals surface area contributed by atoms with Gasteiger partial charge in [-0.05, 0) is 37.8 Å². The first kappa shape index (κ1) is 23.8. The summed E-state index contributed by atoms with van der Waals surface area (Å²) in [6.45, 7) is -0.117. The average molecular weight is 452 g/mol. The highest BCUT2D eigenvalue weighted by Gasteiger charge is 2.40. The first-order chi connectivity index (χ1) is 15.2. The van der Waals surface area contributed by atoms with E-state index in [1.807, 2.05) is 0 Å². The molecule has 1 atom stereocenters. The molecule has 1 aliphatic heterocycles. The molecule has 2 fully saturated rings. The maximum atomic E-state index is 13.3. The van der Waals surface area contributed by atoms with Gasteiger partial charge in [-0.2, -0.15) is 18.4 Å². The van der Waals surface area contributed by atoms with E-state index in [0.29, 0.717) is 32.2 Å². The van der Waals surface area contributed by atoms with Crippen LogP contribution >= 0.6 is 0 Å². The first-order valence-electron chi connectivity index (χ1n) is 10.8. The number of carbonyl (C=O) groups is 2. The van der Waals surface area contributed by atoms with E-state index in [1.165, 1.54) is 22.1 Å². The Morgan fingerprint density at radius 3 is 2.69 bits per heavy atom. The highest BCUT2D eigenvalue weighted by atomic mass is 19.4. The van der Waals surface area contributed by atoms with E-state index in [2.05, 4.69) is 11.1 Å². The van der Waals surface area contributed by atoms with Crippen LogP contribution in [-0.2, 0) is 20.5 Å². The fourth-order valence-electron chi connectivity index (χ4n) is 4.48. The zero-order valence-corrected chi connectivity index (χ0v) is 18.0. The van der Waals surface area contributed by atoms with Crippen LogP contribution in [0.3, 0.4) is 0 Å². The molecule has 0 N–H and O–H groups in total. The monoisotopic (exact) mass is 452 g/mol. The molecule has 1 saturated carbocycles. The van der Waals surface area contributed by atoms with Gasteiger partial charge in [0.25, 0.3) is 5.91 Å². The Kier molecular flexibility index (Phi) is 7.26. The number of anilines is 1. The smallest absolute Gasteiger partial charge is 0.419 e. The van der Waals surface area contributed by atoms with Crippen LogP contribution in [0.1, 0.15) is 50.5 Å². The van der Waals surface area contributed by atoms with E-state index in [4.69, 9.17) is 4.74 Å². The molecule has 174 valence electrons. The molecule has 32 heavy (non-hydrogen) atoms. The summed E-state index contributed by atoms with van der Waals surface area (Å²) in [6.07, 6.45) is 1.60. The van der Waals surface area contributed by atoms with Gasteiger partial charge in [-0.15, -0.1) is 0 Å². The Morgan fingerprint density at radius 2 is 2.03 bits per heavy atom. The van der Waals surface area contributed by atoms with Crippen LogP contribution in [0.4, 0.5) is 19.0 Å². The summed E-state index contributed by atoms with van der Waals surface area (Å²) in [5.41, 5.74) is -1.73. The number of rotatable bonds is 5. The lowest BCUT2D eigenvalue weighted by atomic mass is 9.81. The number of carbonyl (C=O) groups excluding carboxylic acids is 2. The topological polar surface area (TPSA) is 86.5 Å². The Hall–Kier alpha value is -2.83. The standard InChI is InChI=1S/C22H27F3N4O3/c1-28(21(15-26)9-3-2-4-10-21)18(30)14-32-20(31)16-7-6-12-29(13-16)19-17(22(23,24)25)8-5-11-27-19/h5,8,11,16H,2-4,6-7,9-10,12-14H2,1H3. The van der Waals surface area contributed by atoms with Crippen LogP contribution in [0, 0.1) is 17.2 Å². The molecule has 10 heteroatoms. The minimum absolute atomic E-state index is 0.0328. The van der Waals surface area contributed by atoms with E-state index in [9.17, 15) is 28.0 Å². The second kappa shape index (κ2) is 9.76. The fraction of sp³-hybridized carbons (Fsp3) is 0.636. The van der Waals surface area contributed by atoms with Crippen molar-refractivity contribution in [2.75, 3.05) is 31.6 Å². The molecule has 2 heterocycles. The third kappa shape index (κ3) is 5.14. The van der Waals surface area contributed by atoms with Crippen molar-refractivity contribution in [3.63, 3.8) is 0 Å². The molecule has 3 rings (SSSR count). The maximum Gasteiger partial charge on any atom is 0.419 e. The van der Waals surface area contributed by atoms with Crippen molar-refractivity contribution in [3.05, 3.63) is 23.9 Å². The Bertz CT molecular complexity index is 878. The van der Waals surface area contributed by atoms with Gasteiger partial charge in [0.15, 0.2) is 6.61 Å². The summed E-state index contributed by atoms with van der Waals surface area (Å²) < 4.78 is 45.2. The second-order valence-corrected chi connectivity index (χ2v) is 8.42. The van der Waals surface area contributed by atoms with Crippen LogP contribution in [-0.4, -0.2) is 54.0 Å². The number of esters is 1. The summed E-state index contributed by atoms with van der Waals surface area (Å²) in [7, 11) is 1.55. The fourth-order valence-corrected chi connectivity index (χ4v) is 4.48. The zero-order chi connectivity index (χ0) is 23.4. The van der Waals surface area contributed by atoms with Gasteiger partial charge in [0.05, 0.1) is 17.6 Å². The number of nitriles is 1. The molecule has 0 spiro atoms. The third-order valence-corrected chi connectivity index (χ3v) is 6.39. The zero-order valence-electron chi connectivity index (χ0n) is 18.0. The molecule has 1 amide bonds. The van der Waals surface area contributed by atoms with Crippen LogP contribution in [0.25, 0.3) is 0 Å². The number of piperidine rings is 1. The van der Waals surface area contributed by atoms with Crippen LogP contribution in [0.2, 0.25) is 0 Å². The predicted octanol–water partition coefficient (Wildman–Crippen LogP) is 3.54. The lowest BCUT2D eigenvalue weighted by molar-refractivity contribution is -0.157. The molecule has 1 unspecified atom stereocenters. The van der Waals surface area contributed by atoms with E-state index >= 15 is 0 Å². The van der Waals surface area contributed by atoms with Gasteiger partial charge in [0.1, 0.15) is 11.4 Å². The maximum absolute atomic E-state index is 13.3. The molecule has 1 saturated heterocycles. The molecule has 0 radical (unpaired) electrons. The number of amides is 1. The van der Waals surface area contributed by atoms with E-state index in [-0.39, 0.29) is 12.4 Å². The van der Waals surface area contributed by atoms with Crippen molar-refractivity contribution in [1.82, 2.24) is 9.88 Å². The normalized spacial score (nSPS) is 20.8. The van der Waals surface area contributed by atoms with E-state index in [1.54, 1.807) is 7.05 Å². The number of halogens is 3. The molecular formula is C22H27F3N4O3. The number of pyridine rings is 1. The molecule has 2 aliphatic rings. The van der Waals surface area contributed by atoms with Crippen molar-refractivity contribution in [2.45, 2.75) is 56.7 Å². The number of ether oxygens (including phenoxy) is 1. The predicted molar refractivity (Wildman–Crippen MR) is 109 cm³/mol. The van der Waals surface area contributed by atoms with Crippen LogP contribution < -0.4 is 4.90 Å².